The van der Waals surface area contributed by atoms with Gasteiger partial charge in [0, 0.05) is 21.3 Å². The van der Waals surface area contributed by atoms with Gasteiger partial charge in [0.25, 0.3) is 10.1 Å². The minimum atomic E-state index is -3.16. The summed E-state index contributed by atoms with van der Waals surface area (Å²) in [5.74, 6) is -2.80. The van der Waals surface area contributed by atoms with Crippen LogP contribution in [0.2, 0.25) is 0 Å². The molecule has 9 N–H and O–H groups in total. The van der Waals surface area contributed by atoms with Gasteiger partial charge in [-0.05, 0) is 55.4 Å². The number of aliphatic hydroxyl groups excluding tert-OH is 9. The molecule has 35 heteroatoms. The van der Waals surface area contributed by atoms with Crippen LogP contribution in [0, 0.1) is 0 Å². The first-order valence-corrected chi connectivity index (χ1v) is 30.2. The Morgan fingerprint density at radius 2 is 0.818 bits per heavy atom. The fourth-order valence-corrected chi connectivity index (χ4v) is 9.03. The zero-order valence-electron chi connectivity index (χ0n) is 54.1. The summed E-state index contributed by atoms with van der Waals surface area (Å²) in [6.45, 7) is 20.0. The van der Waals surface area contributed by atoms with E-state index in [4.69, 9.17) is 99.8 Å². The molecule has 7 rings (SSSR count). The SMILES string of the molecule is CC1(C)OC2OC(CO)C3OC(C)(C)OC3C2O1.COCCOCCOCC(O)C(O)C(O)C(O)C=O.COCCOCCOCC1OC(O)C(O)C(O)C1O.COCCOCCOCC1OC2OC(C)(C)OC2C2OC(C)(C)OC12.COS(C)(=O)=O.[H-].[Na+]. The molecule has 0 aliphatic carbocycles. The molecule has 0 aromatic heterocycles. The molecule has 0 spiro atoms. The molecule has 7 fully saturated rings. The fraction of sp³-hybridized carbons (Fsp3) is 0.981. The van der Waals surface area contributed by atoms with Crippen molar-refractivity contribution in [2.24, 2.45) is 0 Å². The first-order chi connectivity index (χ1) is 40.8. The van der Waals surface area contributed by atoms with Crippen LogP contribution in [-0.4, -0.2) is 341 Å². The van der Waals surface area contributed by atoms with Crippen molar-refractivity contribution in [1.29, 1.82) is 0 Å². The first kappa shape index (κ1) is 83.5. The molecule has 19 atom stereocenters. The smallest absolute Gasteiger partial charge is 1.00 e. The molecule has 88 heavy (non-hydrogen) atoms. The Hall–Kier alpha value is -0.580. The van der Waals surface area contributed by atoms with Gasteiger partial charge in [-0.15, -0.1) is 0 Å². The Labute approximate surface area is 538 Å². The summed E-state index contributed by atoms with van der Waals surface area (Å²) in [5.41, 5.74) is 0. The van der Waals surface area contributed by atoms with Crippen LogP contribution in [0.25, 0.3) is 0 Å². The van der Waals surface area contributed by atoms with Crippen LogP contribution in [0.1, 0.15) is 56.8 Å². The van der Waals surface area contributed by atoms with Gasteiger partial charge in [-0.1, -0.05) is 0 Å². The molecule has 7 aliphatic heterocycles. The molecule has 0 amide bonds. The predicted molar refractivity (Wildman–Crippen MR) is 295 cm³/mol. The Kier molecular flexibility index (Phi) is 38.7. The molecule has 19 unspecified atom stereocenters. The Morgan fingerprint density at radius 3 is 1.23 bits per heavy atom. The van der Waals surface area contributed by atoms with Gasteiger partial charge in [-0.25, -0.2) is 0 Å². The van der Waals surface area contributed by atoms with Crippen LogP contribution >= 0.6 is 0 Å². The number of ether oxygens (including phenoxy) is 20. The van der Waals surface area contributed by atoms with E-state index in [9.17, 15) is 54.1 Å². The molecule has 518 valence electrons. The van der Waals surface area contributed by atoms with Crippen molar-refractivity contribution in [1.82, 2.24) is 0 Å². The zero-order valence-corrected chi connectivity index (χ0v) is 55.9. The number of hydrogen-bond acceptors (Lipinski definition) is 33. The van der Waals surface area contributed by atoms with Crippen LogP contribution in [0.3, 0.4) is 0 Å². The normalized spacial score (nSPS) is 33.2. The molecule has 0 aromatic carbocycles. The second kappa shape index (κ2) is 40.7. The molecule has 7 heterocycles. The van der Waals surface area contributed by atoms with E-state index >= 15 is 0 Å². The molecule has 0 aromatic rings. The van der Waals surface area contributed by atoms with Crippen molar-refractivity contribution in [2.45, 2.75) is 195 Å². The van der Waals surface area contributed by atoms with Gasteiger partial charge >= 0.3 is 29.6 Å². The van der Waals surface area contributed by atoms with E-state index in [2.05, 4.69) is 4.18 Å². The van der Waals surface area contributed by atoms with E-state index in [1.54, 1.807) is 21.3 Å². The third kappa shape index (κ3) is 28.8. The zero-order chi connectivity index (χ0) is 65.3. The van der Waals surface area contributed by atoms with Crippen LogP contribution in [0.4, 0.5) is 0 Å². The third-order valence-electron chi connectivity index (χ3n) is 13.2. The molecule has 0 radical (unpaired) electrons. The maximum absolute atomic E-state index is 10.2. The Morgan fingerprint density at radius 1 is 0.466 bits per heavy atom. The van der Waals surface area contributed by atoms with Gasteiger partial charge in [0.1, 0.15) is 97.7 Å². The minimum Gasteiger partial charge on any atom is -1.00 e. The molecule has 0 saturated carbocycles. The number of methoxy groups -OCH3 is 3. The van der Waals surface area contributed by atoms with Crippen LogP contribution < -0.4 is 29.6 Å². The van der Waals surface area contributed by atoms with Gasteiger partial charge in [0.2, 0.25) is 0 Å². The molecule has 7 aliphatic rings. The molecule has 0 bridgehead atoms. The summed E-state index contributed by atoms with van der Waals surface area (Å²) in [5, 5.41) is 84.2. The van der Waals surface area contributed by atoms with Crippen LogP contribution in [0.5, 0.6) is 0 Å². The van der Waals surface area contributed by atoms with Crippen molar-refractivity contribution < 1.29 is 189 Å². The van der Waals surface area contributed by atoms with Crippen molar-refractivity contribution in [2.75, 3.05) is 140 Å². The minimum absolute atomic E-state index is 0. The summed E-state index contributed by atoms with van der Waals surface area (Å²) in [4.78, 5) is 10.2. The van der Waals surface area contributed by atoms with Gasteiger partial charge in [0.05, 0.1) is 119 Å². The number of aliphatic hydroxyl groups is 9. The number of carbonyl (C=O) groups is 1. The van der Waals surface area contributed by atoms with Gasteiger partial charge in [0.15, 0.2) is 48.3 Å². The maximum Gasteiger partial charge on any atom is 1.00 e. The van der Waals surface area contributed by atoms with Crippen LogP contribution in [0.15, 0.2) is 0 Å². The van der Waals surface area contributed by atoms with Crippen molar-refractivity contribution in [3.8, 4) is 0 Å². The summed E-state index contributed by atoms with van der Waals surface area (Å²) in [6, 6.07) is 0. The summed E-state index contributed by atoms with van der Waals surface area (Å²) in [6.07, 6.45) is -15.7. The number of fused-ring (bicyclic) bond motifs is 6. The number of hydrogen-bond donors (Lipinski definition) is 9. The Balaban J connectivity index is 0.000000575. The molecular weight excluding hydrogens is 1220 g/mol. The average molecular weight is 1320 g/mol. The van der Waals surface area contributed by atoms with Crippen LogP contribution in [-0.2, 0) is 114 Å². The molecular formula is C53H101NaO33S. The fourth-order valence-electron chi connectivity index (χ4n) is 9.03. The van der Waals surface area contributed by atoms with E-state index in [0.29, 0.717) is 72.7 Å². The van der Waals surface area contributed by atoms with E-state index in [0.717, 1.165) is 13.4 Å². The second-order valence-electron chi connectivity index (χ2n) is 22.2. The van der Waals surface area contributed by atoms with Crippen molar-refractivity contribution in [3.05, 3.63) is 0 Å². The quantitative estimate of drug-likeness (QED) is 0.0140. The predicted octanol–water partition coefficient (Wildman–Crippen LogP) is -7.08. The van der Waals surface area contributed by atoms with E-state index in [1.165, 1.54) is 0 Å². The van der Waals surface area contributed by atoms with Gasteiger partial charge < -0.3 is 147 Å². The first-order valence-electron chi connectivity index (χ1n) is 28.4. The third-order valence-corrected chi connectivity index (χ3v) is 13.8. The second-order valence-corrected chi connectivity index (χ2v) is 24.0. The van der Waals surface area contributed by atoms with E-state index in [1.807, 2.05) is 55.4 Å². The average Bonchev–Trinajstić information content (AvgIpc) is 1.98. The maximum atomic E-state index is 10.2. The summed E-state index contributed by atoms with van der Waals surface area (Å²) < 4.78 is 133. The monoisotopic (exact) mass is 1320 g/mol. The number of rotatable bonds is 30. The number of carbonyl (C=O) groups excluding carboxylic acids is 1. The van der Waals surface area contributed by atoms with E-state index in [-0.39, 0.29) is 113 Å². The Bertz CT molecular complexity index is 1990. The van der Waals surface area contributed by atoms with Gasteiger partial charge in [-0.2, -0.15) is 8.42 Å². The molecule has 33 nitrogen and oxygen atoms in total. The van der Waals surface area contributed by atoms with Crippen molar-refractivity contribution >= 4 is 16.4 Å². The number of aldehydes is 1. The summed E-state index contributed by atoms with van der Waals surface area (Å²) >= 11 is 0. The summed E-state index contributed by atoms with van der Waals surface area (Å²) in [7, 11) is 2.73. The largest absolute Gasteiger partial charge is 1.00 e. The van der Waals surface area contributed by atoms with Gasteiger partial charge in [-0.3, -0.25) is 4.18 Å². The molecule has 7 saturated heterocycles. The standard InChI is InChI=1S/C17H30O8.C12H20O6.2C11H22O8.C2H6O3S.Na.H/c1-16(2)22-12-11(10-20-9-8-19-7-6-18-5)21-15-14(13(12)23-16)24-17(3,4)25-15;1-11(2)15-7-6(5-13)14-10-9(8(7)16-11)17-12(3,4)18-10;1-16-2-3-17-4-5-18-6-7-8(12)9(13)10(14)11(15)19-7;1-17-2-3-18-4-5-19-7-9(14)11(16)10(15)8(13)6-12;1-5-6(2,3)4;;/h11-15H,6-10H2,1-5H3;6-10,13H,5H2,1-4H3;7-15H,2-6H2,1H3;6,8-11,13-16H,2-5,7H2,1H3;1-2H3;;/q;;;;;+1;-1. The topological polar surface area (TPSA) is 427 Å². The van der Waals surface area contributed by atoms with E-state index < -0.39 is 107 Å². The van der Waals surface area contributed by atoms with Crippen molar-refractivity contribution in [3.63, 3.8) is 0 Å².